The highest BCUT2D eigenvalue weighted by atomic mass is 33.1. The second kappa shape index (κ2) is 10.8. The molecule has 0 spiro atoms. The van der Waals surface area contributed by atoms with E-state index in [0.717, 1.165) is 31.0 Å². The minimum Gasteiger partial charge on any atom is -0.395 e. The maximum Gasteiger partial charge on any atom is 0.0689 e. The summed E-state index contributed by atoms with van der Waals surface area (Å²) in [5.74, 6) is 7.94. The van der Waals surface area contributed by atoms with Crippen molar-refractivity contribution in [3.05, 3.63) is 23.8 Å². The van der Waals surface area contributed by atoms with Crippen LogP contribution in [-0.4, -0.2) is 36.4 Å². The lowest BCUT2D eigenvalue weighted by Gasteiger charge is -2.06. The van der Waals surface area contributed by atoms with Gasteiger partial charge in [0.1, 0.15) is 0 Å². The molecule has 0 radical (unpaired) electrons. The topological polar surface area (TPSA) is 29.5 Å². The molecule has 0 fully saturated rings. The van der Waals surface area contributed by atoms with E-state index in [0.29, 0.717) is 6.61 Å². The molecule has 0 saturated heterocycles. The molecule has 0 unspecified atom stereocenters. The van der Waals surface area contributed by atoms with Crippen LogP contribution in [0.5, 0.6) is 0 Å². The summed E-state index contributed by atoms with van der Waals surface area (Å²) in [5.41, 5.74) is 1.24. The minimum atomic E-state index is 0.246. The van der Waals surface area contributed by atoms with Crippen LogP contribution in [0.1, 0.15) is 12.8 Å². The third-order valence-corrected chi connectivity index (χ3v) is 4.33. The molecule has 0 bridgehead atoms. The molecule has 2 nitrogen and oxygen atoms in total. The van der Waals surface area contributed by atoms with Gasteiger partial charge < -0.3 is 9.84 Å². The molecule has 0 aromatic rings. The molecule has 1 rings (SSSR count). The van der Waals surface area contributed by atoms with Crippen LogP contribution in [0.3, 0.4) is 0 Å². The fourth-order valence-corrected chi connectivity index (χ4v) is 2.82. The quantitative estimate of drug-likeness (QED) is 0.417. The molecule has 17 heavy (non-hydrogen) atoms. The van der Waals surface area contributed by atoms with Crippen LogP contribution in [0, 0.1) is 11.8 Å². The minimum absolute atomic E-state index is 0.246. The van der Waals surface area contributed by atoms with Gasteiger partial charge in [-0.2, -0.15) is 0 Å². The summed E-state index contributed by atoms with van der Waals surface area (Å²) in [6, 6.07) is 0. The first kappa shape index (κ1) is 14.7. The van der Waals surface area contributed by atoms with E-state index in [1.54, 1.807) is 21.6 Å². The van der Waals surface area contributed by atoms with Crippen molar-refractivity contribution < 1.29 is 9.84 Å². The largest absolute Gasteiger partial charge is 0.395 e. The van der Waals surface area contributed by atoms with Gasteiger partial charge >= 0.3 is 0 Å². The van der Waals surface area contributed by atoms with E-state index < -0.39 is 0 Å². The lowest BCUT2D eigenvalue weighted by molar-refractivity contribution is 0.172. The Labute approximate surface area is 111 Å². The highest BCUT2D eigenvalue weighted by Gasteiger charge is 1.97. The van der Waals surface area contributed by atoms with Crippen molar-refractivity contribution in [3.63, 3.8) is 0 Å². The number of rotatable bonds is 8. The molecule has 0 aliphatic heterocycles. The van der Waals surface area contributed by atoms with E-state index in [-0.39, 0.29) is 6.61 Å². The second-order valence-electron chi connectivity index (χ2n) is 3.41. The molecular weight excluding hydrogens is 252 g/mol. The van der Waals surface area contributed by atoms with Gasteiger partial charge in [0.05, 0.1) is 19.8 Å². The van der Waals surface area contributed by atoms with Gasteiger partial charge in [0.25, 0.3) is 0 Å². The lowest BCUT2D eigenvalue weighted by Crippen LogP contribution is -2.01. The molecule has 1 N–H and O–H groups in total. The lowest BCUT2D eigenvalue weighted by atomic mass is 10.1. The zero-order valence-corrected chi connectivity index (χ0v) is 11.5. The first-order valence-electron chi connectivity index (χ1n) is 5.67. The summed E-state index contributed by atoms with van der Waals surface area (Å²) in [4.78, 5) is 0. The van der Waals surface area contributed by atoms with E-state index >= 15 is 0 Å². The van der Waals surface area contributed by atoms with Crippen molar-refractivity contribution in [1.29, 1.82) is 0 Å². The molecule has 0 heterocycles. The fraction of sp³-hybridized carbons (Fsp3) is 0.538. The number of allylic oxidation sites excluding steroid dienone is 3. The Hall–Kier alpha value is -0.340. The molecule has 0 aromatic heterocycles. The van der Waals surface area contributed by atoms with Crippen LogP contribution < -0.4 is 0 Å². The first-order valence-corrected chi connectivity index (χ1v) is 8.15. The predicted octanol–water partition coefficient (Wildman–Crippen LogP) is 2.66. The summed E-state index contributed by atoms with van der Waals surface area (Å²) in [5, 5.41) is 8.60. The summed E-state index contributed by atoms with van der Waals surface area (Å²) in [7, 11) is 3.43. The van der Waals surface area contributed by atoms with Gasteiger partial charge in [0.2, 0.25) is 0 Å². The van der Waals surface area contributed by atoms with E-state index in [9.17, 15) is 0 Å². The smallest absolute Gasteiger partial charge is 0.0689 e. The van der Waals surface area contributed by atoms with Crippen molar-refractivity contribution >= 4 is 21.6 Å². The maximum atomic E-state index is 8.60. The summed E-state index contributed by atoms with van der Waals surface area (Å²) in [6.07, 6.45) is 7.88. The first-order chi connectivity index (χ1) is 8.43. The van der Waals surface area contributed by atoms with Gasteiger partial charge in [-0.1, -0.05) is 51.7 Å². The average molecular weight is 270 g/mol. The Kier molecular flexibility index (Phi) is 9.34. The van der Waals surface area contributed by atoms with Crippen LogP contribution in [0.4, 0.5) is 0 Å². The zero-order valence-electron chi connectivity index (χ0n) is 9.85. The van der Waals surface area contributed by atoms with Gasteiger partial charge in [-0.3, -0.25) is 0 Å². The zero-order chi connectivity index (χ0) is 12.2. The van der Waals surface area contributed by atoms with Crippen LogP contribution in [-0.2, 0) is 4.74 Å². The van der Waals surface area contributed by atoms with Gasteiger partial charge in [-0.05, 0) is 5.57 Å². The number of hydrogen-bond donors (Lipinski definition) is 1. The molecule has 0 aromatic carbocycles. The van der Waals surface area contributed by atoms with Crippen LogP contribution >= 0.6 is 21.6 Å². The molecule has 1 aliphatic carbocycles. The van der Waals surface area contributed by atoms with Gasteiger partial charge in [-0.15, -0.1) is 0 Å². The van der Waals surface area contributed by atoms with Crippen LogP contribution in [0.2, 0.25) is 0 Å². The van der Waals surface area contributed by atoms with E-state index in [1.165, 1.54) is 5.57 Å². The second-order valence-corrected chi connectivity index (χ2v) is 6.11. The van der Waals surface area contributed by atoms with Crippen LogP contribution in [0.25, 0.3) is 0 Å². The van der Waals surface area contributed by atoms with Crippen molar-refractivity contribution in [2.75, 3.05) is 31.3 Å². The Morgan fingerprint density at radius 1 is 1.29 bits per heavy atom. The van der Waals surface area contributed by atoms with Gasteiger partial charge in [-0.25, -0.2) is 0 Å². The highest BCUT2D eigenvalue weighted by Crippen LogP contribution is 2.19. The summed E-state index contributed by atoms with van der Waals surface area (Å²) < 4.78 is 5.58. The van der Waals surface area contributed by atoms with Crippen molar-refractivity contribution in [3.8, 4) is 11.8 Å². The number of ether oxygens (including phenoxy) is 1. The van der Waals surface area contributed by atoms with Crippen LogP contribution in [0.15, 0.2) is 23.8 Å². The molecule has 1 aliphatic rings. The Balaban J connectivity index is 2.04. The van der Waals surface area contributed by atoms with E-state index in [2.05, 4.69) is 30.1 Å². The SMILES string of the molecule is OCCSSCCOC/C1=C/C=C\CC#CC1. The Morgan fingerprint density at radius 2 is 2.18 bits per heavy atom. The number of aliphatic hydroxyl groups excluding tert-OH is 1. The molecule has 94 valence electrons. The van der Waals surface area contributed by atoms with E-state index in [1.807, 2.05) is 0 Å². The number of aliphatic hydroxyl groups is 1. The van der Waals surface area contributed by atoms with Gasteiger partial charge in [0, 0.05) is 24.3 Å². The Morgan fingerprint density at radius 3 is 3.06 bits per heavy atom. The molecular formula is C13H18O2S2. The highest BCUT2D eigenvalue weighted by molar-refractivity contribution is 8.76. The number of hydrogen-bond acceptors (Lipinski definition) is 4. The predicted molar refractivity (Wildman–Crippen MR) is 77.1 cm³/mol. The fourth-order valence-electron chi connectivity index (χ4n) is 1.19. The summed E-state index contributed by atoms with van der Waals surface area (Å²) >= 11 is 0. The Bertz CT molecular complexity index is 313. The molecule has 0 amide bonds. The maximum absolute atomic E-state index is 8.60. The molecule has 0 saturated carbocycles. The average Bonchev–Trinajstić information content (AvgIpc) is 2.30. The van der Waals surface area contributed by atoms with Crippen molar-refractivity contribution in [1.82, 2.24) is 0 Å². The molecule has 0 atom stereocenters. The third-order valence-electron chi connectivity index (χ3n) is 1.98. The van der Waals surface area contributed by atoms with E-state index in [4.69, 9.17) is 9.84 Å². The van der Waals surface area contributed by atoms with Gasteiger partial charge in [0.15, 0.2) is 0 Å². The monoisotopic (exact) mass is 270 g/mol. The van der Waals surface area contributed by atoms with Crippen molar-refractivity contribution in [2.45, 2.75) is 12.8 Å². The third kappa shape index (κ3) is 8.39. The standard InChI is InChI=1S/C13H18O2S2/c14-8-10-16-17-11-9-15-12-13-6-4-2-1-3-5-7-13/h2,4,6,14H,1,7-12H2/b4-2-,13-6+. The van der Waals surface area contributed by atoms with Crippen molar-refractivity contribution in [2.24, 2.45) is 0 Å². The normalized spacial score (nSPS) is 19.5. The summed E-state index contributed by atoms with van der Waals surface area (Å²) in [6.45, 7) is 1.66. The molecule has 4 heteroatoms.